The Morgan fingerprint density at radius 3 is 1.89 bits per heavy atom. The van der Waals surface area contributed by atoms with Crippen molar-refractivity contribution in [2.45, 2.75) is 70.3 Å². The molecule has 0 aliphatic heterocycles. The molecule has 0 heterocycles. The number of phenols is 1. The number of rotatable bonds is 14. The summed E-state index contributed by atoms with van der Waals surface area (Å²) in [5.74, 6) is -5.62. The van der Waals surface area contributed by atoms with Crippen molar-refractivity contribution >= 4 is 29.7 Å². The molecule has 13 nitrogen and oxygen atoms in total. The van der Waals surface area contributed by atoms with Gasteiger partial charge in [0, 0.05) is 6.42 Å². The molecule has 0 bridgehead atoms. The van der Waals surface area contributed by atoms with E-state index in [1.54, 1.807) is 0 Å². The minimum absolute atomic E-state index is 0.0112. The number of carbonyl (C=O) groups is 5. The van der Waals surface area contributed by atoms with E-state index in [2.05, 4.69) is 10.6 Å². The molecule has 0 spiro atoms. The van der Waals surface area contributed by atoms with Crippen LogP contribution in [0.4, 0.5) is 0 Å². The SMILES string of the molecule is CC(C)CC(N)C(=O)NC(Cc1ccc(O)cc1)C(=O)NC(C(=O)NC(CC(=O)O)C(=O)O)C(C)O. The highest BCUT2D eigenvalue weighted by Crippen LogP contribution is 2.12. The number of benzene rings is 1. The van der Waals surface area contributed by atoms with Crippen molar-refractivity contribution < 1.29 is 44.4 Å². The van der Waals surface area contributed by atoms with Gasteiger partial charge in [0.05, 0.1) is 18.6 Å². The average Bonchev–Trinajstić information content (AvgIpc) is 2.76. The largest absolute Gasteiger partial charge is 0.508 e. The Balaban J connectivity index is 3.11. The summed E-state index contributed by atoms with van der Waals surface area (Å²) in [6.45, 7) is 4.91. The van der Waals surface area contributed by atoms with Crippen LogP contribution in [0.1, 0.15) is 39.2 Å². The van der Waals surface area contributed by atoms with Crippen molar-refractivity contribution in [3.63, 3.8) is 0 Å². The van der Waals surface area contributed by atoms with Gasteiger partial charge >= 0.3 is 11.9 Å². The molecule has 1 rings (SSSR count). The number of carboxylic acid groups (broad SMARTS) is 2. The first-order chi connectivity index (χ1) is 16.7. The van der Waals surface area contributed by atoms with Crippen LogP contribution in [0.2, 0.25) is 0 Å². The third kappa shape index (κ3) is 10.3. The molecule has 13 heteroatoms. The molecule has 5 atom stereocenters. The first-order valence-electron chi connectivity index (χ1n) is 11.3. The topological polar surface area (TPSA) is 228 Å². The molecule has 0 aromatic heterocycles. The Kier molecular flexibility index (Phi) is 11.8. The fraction of sp³-hybridized carbons (Fsp3) is 0.522. The van der Waals surface area contributed by atoms with Gasteiger partial charge in [0.15, 0.2) is 0 Å². The number of nitrogens with one attached hydrogen (secondary N) is 3. The molecular weight excluding hydrogens is 476 g/mol. The third-order valence-electron chi connectivity index (χ3n) is 5.13. The molecule has 200 valence electrons. The maximum atomic E-state index is 13.1. The lowest BCUT2D eigenvalue weighted by atomic mass is 10.0. The number of aliphatic hydroxyl groups excluding tert-OH is 1. The Labute approximate surface area is 208 Å². The van der Waals surface area contributed by atoms with E-state index in [0.717, 1.165) is 0 Å². The zero-order valence-corrected chi connectivity index (χ0v) is 20.3. The summed E-state index contributed by atoms with van der Waals surface area (Å²) in [6, 6.07) is 0.211. The summed E-state index contributed by atoms with van der Waals surface area (Å²) in [6.07, 6.45) is -2.13. The Hall–Kier alpha value is -3.71. The van der Waals surface area contributed by atoms with Gasteiger partial charge < -0.3 is 42.1 Å². The quantitative estimate of drug-likeness (QED) is 0.147. The maximum Gasteiger partial charge on any atom is 0.326 e. The molecule has 0 radical (unpaired) electrons. The van der Waals surface area contributed by atoms with Crippen molar-refractivity contribution in [1.82, 2.24) is 16.0 Å². The lowest BCUT2D eigenvalue weighted by Gasteiger charge is -2.26. The number of carboxylic acids is 2. The van der Waals surface area contributed by atoms with Gasteiger partial charge in [-0.25, -0.2) is 4.79 Å². The standard InChI is InChI=1S/C23H34N4O9/c1-11(2)8-15(24)20(32)25-16(9-13-4-6-14(29)7-5-13)21(33)27-19(12(3)28)22(34)26-17(23(35)36)10-18(30)31/h4-7,11-12,15-17,19,28-29H,8-10,24H2,1-3H3,(H,25,32)(H,26,34)(H,27,33)(H,30,31)(H,35,36). The highest BCUT2D eigenvalue weighted by Gasteiger charge is 2.33. The Morgan fingerprint density at radius 1 is 0.861 bits per heavy atom. The van der Waals surface area contributed by atoms with Crippen LogP contribution in [0, 0.1) is 5.92 Å². The fourth-order valence-corrected chi connectivity index (χ4v) is 3.27. The first-order valence-corrected chi connectivity index (χ1v) is 11.3. The lowest BCUT2D eigenvalue weighted by molar-refractivity contribution is -0.148. The Morgan fingerprint density at radius 2 is 1.42 bits per heavy atom. The van der Waals surface area contributed by atoms with E-state index in [1.807, 2.05) is 19.2 Å². The van der Waals surface area contributed by atoms with Crippen molar-refractivity contribution in [3.05, 3.63) is 29.8 Å². The van der Waals surface area contributed by atoms with E-state index in [0.29, 0.717) is 12.0 Å². The number of aliphatic hydroxyl groups is 1. The van der Waals surface area contributed by atoms with Crippen molar-refractivity contribution in [2.75, 3.05) is 0 Å². The first kappa shape index (κ1) is 30.3. The zero-order chi connectivity index (χ0) is 27.6. The van der Waals surface area contributed by atoms with Gasteiger partial charge in [-0.2, -0.15) is 0 Å². The molecule has 5 unspecified atom stereocenters. The van der Waals surface area contributed by atoms with E-state index in [1.165, 1.54) is 31.2 Å². The summed E-state index contributed by atoms with van der Waals surface area (Å²) < 4.78 is 0. The van der Waals surface area contributed by atoms with Crippen LogP contribution in [0.3, 0.4) is 0 Å². The second-order valence-electron chi connectivity index (χ2n) is 8.89. The molecule has 3 amide bonds. The number of amides is 3. The molecule has 1 aromatic rings. The second-order valence-corrected chi connectivity index (χ2v) is 8.89. The van der Waals surface area contributed by atoms with Crippen LogP contribution < -0.4 is 21.7 Å². The van der Waals surface area contributed by atoms with E-state index < -0.39 is 66.4 Å². The molecule has 0 saturated heterocycles. The van der Waals surface area contributed by atoms with Gasteiger partial charge in [0.2, 0.25) is 17.7 Å². The van der Waals surface area contributed by atoms with E-state index in [9.17, 15) is 34.2 Å². The van der Waals surface area contributed by atoms with Crippen molar-refractivity contribution in [2.24, 2.45) is 11.7 Å². The predicted octanol–water partition coefficient (Wildman–Crippen LogP) is -1.30. The van der Waals surface area contributed by atoms with Gasteiger partial charge in [-0.3, -0.25) is 19.2 Å². The van der Waals surface area contributed by atoms with Crippen LogP contribution in [0.25, 0.3) is 0 Å². The van der Waals surface area contributed by atoms with Gasteiger partial charge in [0.1, 0.15) is 23.9 Å². The minimum atomic E-state index is -1.80. The van der Waals surface area contributed by atoms with Gasteiger partial charge in [0.25, 0.3) is 0 Å². The number of nitrogens with two attached hydrogens (primary N) is 1. The van der Waals surface area contributed by atoms with Crippen molar-refractivity contribution in [1.29, 1.82) is 0 Å². The molecule has 1 aromatic carbocycles. The van der Waals surface area contributed by atoms with E-state index in [-0.39, 0.29) is 18.1 Å². The molecule has 0 aliphatic carbocycles. The number of hydrogen-bond donors (Lipinski definition) is 8. The van der Waals surface area contributed by atoms with Crippen LogP contribution in [-0.4, -0.2) is 80.4 Å². The highest BCUT2D eigenvalue weighted by atomic mass is 16.4. The number of phenolic OH excluding ortho intramolecular Hbond substituents is 1. The third-order valence-corrected chi connectivity index (χ3v) is 5.13. The summed E-state index contributed by atoms with van der Waals surface area (Å²) in [4.78, 5) is 60.5. The molecular formula is C23H34N4O9. The summed E-state index contributed by atoms with van der Waals surface area (Å²) in [7, 11) is 0. The molecule has 0 aliphatic rings. The normalized spacial score (nSPS) is 15.2. The number of hydrogen-bond acceptors (Lipinski definition) is 8. The minimum Gasteiger partial charge on any atom is -0.508 e. The van der Waals surface area contributed by atoms with Crippen LogP contribution in [0.5, 0.6) is 5.75 Å². The van der Waals surface area contributed by atoms with Crippen LogP contribution in [-0.2, 0) is 30.4 Å². The van der Waals surface area contributed by atoms with Gasteiger partial charge in [-0.1, -0.05) is 26.0 Å². The van der Waals surface area contributed by atoms with E-state index >= 15 is 0 Å². The summed E-state index contributed by atoms with van der Waals surface area (Å²) in [5, 5.41) is 44.4. The number of aromatic hydroxyl groups is 1. The smallest absolute Gasteiger partial charge is 0.326 e. The predicted molar refractivity (Wildman–Crippen MR) is 127 cm³/mol. The summed E-state index contributed by atoms with van der Waals surface area (Å²) >= 11 is 0. The molecule has 9 N–H and O–H groups in total. The zero-order valence-electron chi connectivity index (χ0n) is 20.3. The molecule has 36 heavy (non-hydrogen) atoms. The monoisotopic (exact) mass is 510 g/mol. The van der Waals surface area contributed by atoms with Crippen LogP contribution >= 0.6 is 0 Å². The van der Waals surface area contributed by atoms with Crippen LogP contribution in [0.15, 0.2) is 24.3 Å². The number of aliphatic carboxylic acids is 2. The Bertz CT molecular complexity index is 934. The fourth-order valence-electron chi connectivity index (χ4n) is 3.27. The van der Waals surface area contributed by atoms with Crippen molar-refractivity contribution in [3.8, 4) is 5.75 Å². The van der Waals surface area contributed by atoms with Gasteiger partial charge in [-0.05, 0) is 37.0 Å². The average molecular weight is 511 g/mol. The van der Waals surface area contributed by atoms with Gasteiger partial charge in [-0.15, -0.1) is 0 Å². The maximum absolute atomic E-state index is 13.1. The second kappa shape index (κ2) is 14.0. The summed E-state index contributed by atoms with van der Waals surface area (Å²) in [5.41, 5.74) is 6.47. The highest BCUT2D eigenvalue weighted by molar-refractivity contribution is 5.95. The lowest BCUT2D eigenvalue weighted by Crippen LogP contribution is -2.60. The van der Waals surface area contributed by atoms with E-state index in [4.69, 9.17) is 15.9 Å². The number of carbonyl (C=O) groups excluding carboxylic acids is 3. The molecule has 0 fully saturated rings. The molecule has 0 saturated carbocycles.